The molecule has 170 valence electrons. The Bertz CT molecular complexity index is 809. The van der Waals surface area contributed by atoms with Crippen LogP contribution in [-0.2, 0) is 45.8 Å². The van der Waals surface area contributed by atoms with Gasteiger partial charge in [-0.05, 0) is 18.1 Å². The second kappa shape index (κ2) is 12.7. The van der Waals surface area contributed by atoms with E-state index in [2.05, 4.69) is 0 Å². The van der Waals surface area contributed by atoms with Crippen LogP contribution in [0.25, 0.3) is 0 Å². The van der Waals surface area contributed by atoms with Gasteiger partial charge in [-0.25, -0.2) is 0 Å². The Morgan fingerprint density at radius 2 is 1.32 bits per heavy atom. The Balaban J connectivity index is 2.32. The van der Waals surface area contributed by atoms with Gasteiger partial charge in [0.05, 0.1) is 13.2 Å². The van der Waals surface area contributed by atoms with Crippen molar-refractivity contribution < 1.29 is 37.7 Å². The number of benzene rings is 2. The normalized spacial score (nSPS) is 15.6. The number of aliphatic hydroxyl groups excluding tert-OH is 1. The number of hydrogen-bond acceptors (Lipinski definition) is 8. The van der Waals surface area contributed by atoms with Crippen LogP contribution < -0.4 is 0 Å². The maximum absolute atomic E-state index is 12.9. The van der Waals surface area contributed by atoms with Crippen molar-refractivity contribution >= 4 is 14.1 Å². The van der Waals surface area contributed by atoms with Crippen molar-refractivity contribution in [2.45, 2.75) is 44.3 Å². The van der Waals surface area contributed by atoms with Crippen LogP contribution >= 0.6 is 7.60 Å². The molecular formula is C22H29O8P. The molecule has 0 radical (unpaired) electrons. The standard InChI is InChI=1S/C22H29O8P/c1-17(30-16-23)20(28-14-18-10-6-4-7-11-18)21(22(24)31(25,26-2)27-3)29-15-19-12-8-5-9-13-19/h4-13,16-17,20-22,24H,14-15H2,1-3H3/t17-,20+,21+,22-/m0/s1. The van der Waals surface area contributed by atoms with Crippen LogP contribution in [0.2, 0.25) is 0 Å². The molecule has 0 amide bonds. The van der Waals surface area contributed by atoms with Gasteiger partial charge < -0.3 is 28.4 Å². The van der Waals surface area contributed by atoms with Gasteiger partial charge in [0.1, 0.15) is 18.3 Å². The minimum Gasteiger partial charge on any atom is -0.462 e. The number of carbonyl (C=O) groups is 1. The molecule has 0 aliphatic heterocycles. The average Bonchev–Trinajstić information content (AvgIpc) is 2.81. The molecule has 0 unspecified atom stereocenters. The number of rotatable bonds is 14. The molecule has 0 spiro atoms. The average molecular weight is 452 g/mol. The molecule has 2 aromatic carbocycles. The van der Waals surface area contributed by atoms with Gasteiger partial charge in [-0.1, -0.05) is 60.7 Å². The summed E-state index contributed by atoms with van der Waals surface area (Å²) in [5.41, 5.74) is 1.69. The minimum atomic E-state index is -3.95. The summed E-state index contributed by atoms with van der Waals surface area (Å²) in [6.07, 6.45) is -2.98. The molecule has 9 heteroatoms. The van der Waals surface area contributed by atoms with Crippen molar-refractivity contribution in [3.63, 3.8) is 0 Å². The molecule has 0 heterocycles. The highest BCUT2D eigenvalue weighted by atomic mass is 31.2. The van der Waals surface area contributed by atoms with E-state index >= 15 is 0 Å². The van der Waals surface area contributed by atoms with Gasteiger partial charge in [0, 0.05) is 14.2 Å². The van der Waals surface area contributed by atoms with E-state index in [-0.39, 0.29) is 19.7 Å². The van der Waals surface area contributed by atoms with Crippen LogP contribution in [0, 0.1) is 0 Å². The SMILES string of the molecule is COP(=O)(OC)[C@H](O)[C@H](OCc1ccccc1)[C@H](OCc1ccccc1)[C@H](C)OC=O. The molecule has 0 aliphatic rings. The lowest BCUT2D eigenvalue weighted by Crippen LogP contribution is -2.47. The zero-order valence-electron chi connectivity index (χ0n) is 17.8. The fraction of sp³-hybridized carbons (Fsp3) is 0.409. The third kappa shape index (κ3) is 7.25. The second-order valence-electron chi connectivity index (χ2n) is 6.78. The summed E-state index contributed by atoms with van der Waals surface area (Å²) < 4.78 is 39.9. The molecular weight excluding hydrogens is 423 g/mol. The van der Waals surface area contributed by atoms with Crippen LogP contribution in [0.3, 0.4) is 0 Å². The van der Waals surface area contributed by atoms with Gasteiger partial charge in [-0.2, -0.15) is 0 Å². The van der Waals surface area contributed by atoms with Crippen molar-refractivity contribution in [2.75, 3.05) is 14.2 Å². The molecule has 0 aliphatic carbocycles. The van der Waals surface area contributed by atoms with Gasteiger partial charge in [0.15, 0.2) is 5.85 Å². The lowest BCUT2D eigenvalue weighted by Gasteiger charge is -2.35. The minimum absolute atomic E-state index is 0.0923. The first-order chi connectivity index (χ1) is 14.9. The summed E-state index contributed by atoms with van der Waals surface area (Å²) in [5, 5.41) is 10.9. The fourth-order valence-electron chi connectivity index (χ4n) is 3.02. The first-order valence-electron chi connectivity index (χ1n) is 9.74. The maximum Gasteiger partial charge on any atom is 0.361 e. The lowest BCUT2D eigenvalue weighted by molar-refractivity contribution is -0.168. The number of hydrogen-bond donors (Lipinski definition) is 1. The Labute approximate surface area is 182 Å². The summed E-state index contributed by atoms with van der Waals surface area (Å²) in [4.78, 5) is 11.0. The maximum atomic E-state index is 12.9. The third-order valence-electron chi connectivity index (χ3n) is 4.75. The predicted octanol–water partition coefficient (Wildman–Crippen LogP) is 3.52. The molecule has 0 fully saturated rings. The molecule has 31 heavy (non-hydrogen) atoms. The molecule has 0 aromatic heterocycles. The van der Waals surface area contributed by atoms with Gasteiger partial charge in [-0.3, -0.25) is 9.36 Å². The van der Waals surface area contributed by atoms with E-state index in [1.165, 1.54) is 14.2 Å². The molecule has 2 rings (SSSR count). The van der Waals surface area contributed by atoms with E-state index in [9.17, 15) is 14.5 Å². The van der Waals surface area contributed by atoms with E-state index in [1.54, 1.807) is 6.92 Å². The highest BCUT2D eigenvalue weighted by Crippen LogP contribution is 2.53. The first-order valence-corrected chi connectivity index (χ1v) is 11.4. The van der Waals surface area contributed by atoms with Gasteiger partial charge >= 0.3 is 7.60 Å². The molecule has 0 saturated heterocycles. The Morgan fingerprint density at radius 1 is 0.871 bits per heavy atom. The van der Waals surface area contributed by atoms with E-state index < -0.39 is 31.8 Å². The number of carbonyl (C=O) groups excluding carboxylic acids is 1. The van der Waals surface area contributed by atoms with Crippen LogP contribution in [0.5, 0.6) is 0 Å². The van der Waals surface area contributed by atoms with Crippen molar-refractivity contribution in [2.24, 2.45) is 0 Å². The third-order valence-corrected chi connectivity index (χ3v) is 6.71. The summed E-state index contributed by atoms with van der Waals surface area (Å²) in [6.45, 7) is 2.13. The fourth-order valence-corrected chi connectivity index (χ4v) is 4.21. The summed E-state index contributed by atoms with van der Waals surface area (Å²) in [7, 11) is -1.60. The summed E-state index contributed by atoms with van der Waals surface area (Å²) >= 11 is 0. The Kier molecular flexibility index (Phi) is 10.3. The van der Waals surface area contributed by atoms with E-state index in [0.29, 0.717) is 0 Å². The van der Waals surface area contributed by atoms with Crippen LogP contribution in [0.4, 0.5) is 0 Å². The van der Waals surface area contributed by atoms with Gasteiger partial charge in [-0.15, -0.1) is 0 Å². The van der Waals surface area contributed by atoms with Crippen molar-refractivity contribution in [1.82, 2.24) is 0 Å². The summed E-state index contributed by atoms with van der Waals surface area (Å²) in [6, 6.07) is 18.6. The van der Waals surface area contributed by atoms with Crippen molar-refractivity contribution in [1.29, 1.82) is 0 Å². The monoisotopic (exact) mass is 452 g/mol. The smallest absolute Gasteiger partial charge is 0.361 e. The van der Waals surface area contributed by atoms with Crippen molar-refractivity contribution in [3.05, 3.63) is 71.8 Å². The molecule has 4 atom stereocenters. The molecule has 1 N–H and O–H groups in total. The molecule has 8 nitrogen and oxygen atoms in total. The quantitative estimate of drug-likeness (QED) is 0.343. The summed E-state index contributed by atoms with van der Waals surface area (Å²) in [5.74, 6) is -1.69. The number of ether oxygens (including phenoxy) is 3. The lowest BCUT2D eigenvalue weighted by atomic mass is 10.1. The van der Waals surface area contributed by atoms with Gasteiger partial charge in [0.25, 0.3) is 6.47 Å². The first kappa shape index (κ1) is 25.2. The molecule has 0 saturated carbocycles. The number of aliphatic hydroxyl groups is 1. The van der Waals surface area contributed by atoms with Crippen LogP contribution in [-0.4, -0.2) is 50.0 Å². The van der Waals surface area contributed by atoms with Crippen LogP contribution in [0.15, 0.2) is 60.7 Å². The topological polar surface area (TPSA) is 101 Å². The van der Waals surface area contributed by atoms with E-state index in [0.717, 1.165) is 11.1 Å². The Hall–Kier alpha value is -2.06. The molecule has 0 bridgehead atoms. The van der Waals surface area contributed by atoms with Crippen LogP contribution in [0.1, 0.15) is 18.1 Å². The second-order valence-corrected chi connectivity index (χ2v) is 9.12. The zero-order chi connectivity index (χ0) is 22.7. The van der Waals surface area contributed by atoms with Gasteiger partial charge in [0.2, 0.25) is 0 Å². The molecule has 2 aromatic rings. The Morgan fingerprint density at radius 3 is 1.74 bits per heavy atom. The highest BCUT2D eigenvalue weighted by Gasteiger charge is 2.46. The van der Waals surface area contributed by atoms with E-state index in [1.807, 2.05) is 60.7 Å². The zero-order valence-corrected chi connectivity index (χ0v) is 18.7. The highest BCUT2D eigenvalue weighted by molar-refractivity contribution is 7.54. The van der Waals surface area contributed by atoms with Crippen molar-refractivity contribution in [3.8, 4) is 0 Å². The predicted molar refractivity (Wildman–Crippen MR) is 114 cm³/mol. The van der Waals surface area contributed by atoms with E-state index in [4.69, 9.17) is 23.3 Å². The largest absolute Gasteiger partial charge is 0.462 e.